The zero-order valence-corrected chi connectivity index (χ0v) is 12.4. The van der Waals surface area contributed by atoms with Gasteiger partial charge < -0.3 is 9.73 Å². The first-order valence-corrected chi connectivity index (χ1v) is 8.22. The van der Waals surface area contributed by atoms with Crippen LogP contribution in [-0.2, 0) is 14.6 Å². The van der Waals surface area contributed by atoms with Gasteiger partial charge in [0.15, 0.2) is 9.84 Å². The van der Waals surface area contributed by atoms with E-state index in [4.69, 9.17) is 4.42 Å². The summed E-state index contributed by atoms with van der Waals surface area (Å²) in [6.45, 7) is 3.13. The van der Waals surface area contributed by atoms with Gasteiger partial charge in [-0.1, -0.05) is 18.2 Å². The van der Waals surface area contributed by atoms with Crippen molar-refractivity contribution in [3.8, 4) is 0 Å². The number of rotatable bonds is 4. The molecule has 6 heteroatoms. The number of benzene rings is 1. The number of furan rings is 1. The van der Waals surface area contributed by atoms with Crippen LogP contribution >= 0.6 is 0 Å². The third-order valence-electron chi connectivity index (χ3n) is 3.24. The predicted octanol–water partition coefficient (Wildman–Crippen LogP) is 2.04. The number of fused-ring (bicyclic) bond motifs is 1. The Hall–Kier alpha value is -1.82. The van der Waals surface area contributed by atoms with Gasteiger partial charge in [-0.3, -0.25) is 4.79 Å². The molecule has 0 saturated heterocycles. The second kappa shape index (κ2) is 5.28. The lowest BCUT2D eigenvalue weighted by Gasteiger charge is -2.14. The van der Waals surface area contributed by atoms with E-state index in [0.29, 0.717) is 5.76 Å². The number of hydrogen-bond donors (Lipinski definition) is 1. The molecule has 0 aliphatic carbocycles. The number of nitrogens with one attached hydrogen (secondary N) is 1. The summed E-state index contributed by atoms with van der Waals surface area (Å²) in [4.78, 5) is 11.9. The van der Waals surface area contributed by atoms with Crippen LogP contribution in [0.3, 0.4) is 0 Å². The van der Waals surface area contributed by atoms with Crippen LogP contribution < -0.4 is 5.32 Å². The molecular weight excluding hydrogens is 278 g/mol. The van der Waals surface area contributed by atoms with Crippen LogP contribution in [0.4, 0.5) is 0 Å². The highest BCUT2D eigenvalue weighted by Gasteiger charge is 2.25. The summed E-state index contributed by atoms with van der Waals surface area (Å²) in [5.41, 5.74) is 0.736. The zero-order chi connectivity index (χ0) is 14.9. The fourth-order valence-electron chi connectivity index (χ4n) is 1.81. The van der Waals surface area contributed by atoms with E-state index in [1.165, 1.54) is 6.92 Å². The fourth-order valence-corrected chi connectivity index (χ4v) is 2.27. The summed E-state index contributed by atoms with van der Waals surface area (Å²) in [5, 5.41) is 2.52. The summed E-state index contributed by atoms with van der Waals surface area (Å²) >= 11 is 0. The molecule has 108 valence electrons. The molecule has 0 saturated carbocycles. The third kappa shape index (κ3) is 3.01. The Morgan fingerprint density at radius 2 is 1.90 bits per heavy atom. The lowest BCUT2D eigenvalue weighted by atomic mass is 10.2. The molecule has 1 N–H and O–H groups in total. The molecule has 5 nitrogen and oxygen atoms in total. The Morgan fingerprint density at radius 1 is 1.25 bits per heavy atom. The third-order valence-corrected chi connectivity index (χ3v) is 4.74. The van der Waals surface area contributed by atoms with Crippen LogP contribution in [0, 0.1) is 0 Å². The lowest BCUT2D eigenvalue weighted by Crippen LogP contribution is -2.38. The maximum Gasteiger partial charge on any atom is 0.238 e. The van der Waals surface area contributed by atoms with Crippen molar-refractivity contribution < 1.29 is 17.6 Å². The average Bonchev–Trinajstić information content (AvgIpc) is 2.80. The van der Waals surface area contributed by atoms with Crippen LogP contribution in [0.15, 0.2) is 34.7 Å². The standard InChI is InChI=1S/C14H17NO4S/c1-9(15-14(16)10(2)20(3,17)18)13-8-11-6-4-5-7-12(11)19-13/h4-10H,1-3H3,(H,15,16). The van der Waals surface area contributed by atoms with Gasteiger partial charge in [-0.2, -0.15) is 0 Å². The van der Waals surface area contributed by atoms with Crippen LogP contribution in [-0.4, -0.2) is 25.8 Å². The summed E-state index contributed by atoms with van der Waals surface area (Å²) in [7, 11) is -3.40. The van der Waals surface area contributed by atoms with E-state index in [1.54, 1.807) is 6.92 Å². The molecule has 0 aliphatic rings. The molecule has 0 radical (unpaired) electrons. The molecule has 2 rings (SSSR count). The first-order valence-electron chi connectivity index (χ1n) is 6.27. The van der Waals surface area contributed by atoms with Gasteiger partial charge in [-0.05, 0) is 26.0 Å². The van der Waals surface area contributed by atoms with Crippen molar-refractivity contribution in [1.29, 1.82) is 0 Å². The van der Waals surface area contributed by atoms with Crippen molar-refractivity contribution in [1.82, 2.24) is 5.32 Å². The van der Waals surface area contributed by atoms with Gasteiger partial charge in [0, 0.05) is 11.6 Å². The van der Waals surface area contributed by atoms with Gasteiger partial charge in [-0.25, -0.2) is 8.42 Å². The van der Waals surface area contributed by atoms with E-state index in [1.807, 2.05) is 30.3 Å². The number of amides is 1. The van der Waals surface area contributed by atoms with Crippen molar-refractivity contribution in [2.75, 3.05) is 6.26 Å². The van der Waals surface area contributed by atoms with Gasteiger partial charge in [0.25, 0.3) is 0 Å². The first-order chi connectivity index (χ1) is 9.29. The molecule has 0 spiro atoms. The number of carbonyl (C=O) groups excluding carboxylic acids is 1. The monoisotopic (exact) mass is 295 g/mol. The maximum atomic E-state index is 11.9. The molecule has 2 atom stereocenters. The molecule has 2 unspecified atom stereocenters. The van der Waals surface area contributed by atoms with E-state index in [2.05, 4.69) is 5.32 Å². The van der Waals surface area contributed by atoms with E-state index < -0.39 is 21.0 Å². The molecule has 1 amide bonds. The Bertz CT molecular complexity index is 699. The van der Waals surface area contributed by atoms with Gasteiger partial charge in [0.2, 0.25) is 5.91 Å². The smallest absolute Gasteiger partial charge is 0.238 e. The minimum atomic E-state index is -3.40. The zero-order valence-electron chi connectivity index (χ0n) is 11.6. The summed E-state index contributed by atoms with van der Waals surface area (Å²) < 4.78 is 28.3. The maximum absolute atomic E-state index is 11.9. The minimum Gasteiger partial charge on any atom is -0.459 e. The number of para-hydroxylation sites is 1. The van der Waals surface area contributed by atoms with E-state index >= 15 is 0 Å². The van der Waals surface area contributed by atoms with Crippen molar-refractivity contribution in [3.63, 3.8) is 0 Å². The molecule has 0 bridgehead atoms. The molecule has 2 aromatic rings. The van der Waals surface area contributed by atoms with Crippen molar-refractivity contribution >= 4 is 26.7 Å². The second-order valence-corrected chi connectivity index (χ2v) is 7.25. The quantitative estimate of drug-likeness (QED) is 0.936. The van der Waals surface area contributed by atoms with Crippen molar-refractivity contribution in [3.05, 3.63) is 36.1 Å². The van der Waals surface area contributed by atoms with E-state index in [-0.39, 0.29) is 6.04 Å². The predicted molar refractivity (Wildman–Crippen MR) is 77.1 cm³/mol. The molecule has 20 heavy (non-hydrogen) atoms. The first kappa shape index (κ1) is 14.6. The second-order valence-electron chi connectivity index (χ2n) is 4.89. The van der Waals surface area contributed by atoms with Gasteiger partial charge in [-0.15, -0.1) is 0 Å². The summed E-state index contributed by atoms with van der Waals surface area (Å²) in [5.74, 6) is 0.0701. The Labute approximate surface area is 117 Å². The normalized spacial score (nSPS) is 14.9. The number of carbonyl (C=O) groups is 1. The minimum absolute atomic E-state index is 0.390. The molecule has 1 aromatic heterocycles. The van der Waals surface area contributed by atoms with Crippen molar-refractivity contribution in [2.24, 2.45) is 0 Å². The topological polar surface area (TPSA) is 76.4 Å². The SMILES string of the molecule is CC(NC(=O)C(C)S(C)(=O)=O)c1cc2ccccc2o1. The lowest BCUT2D eigenvalue weighted by molar-refractivity contribution is -0.121. The molecule has 0 aliphatic heterocycles. The Balaban J connectivity index is 2.16. The van der Waals surface area contributed by atoms with Crippen LogP contribution in [0.5, 0.6) is 0 Å². The van der Waals surface area contributed by atoms with Crippen LogP contribution in [0.1, 0.15) is 25.6 Å². The molecule has 1 heterocycles. The van der Waals surface area contributed by atoms with Gasteiger partial charge in [0.1, 0.15) is 16.6 Å². The fraction of sp³-hybridized carbons (Fsp3) is 0.357. The Morgan fingerprint density at radius 3 is 2.50 bits per heavy atom. The van der Waals surface area contributed by atoms with E-state index in [0.717, 1.165) is 17.2 Å². The highest BCUT2D eigenvalue weighted by atomic mass is 32.2. The average molecular weight is 295 g/mol. The van der Waals surface area contributed by atoms with Crippen molar-refractivity contribution in [2.45, 2.75) is 25.1 Å². The summed E-state index contributed by atoms with van der Waals surface area (Å²) in [6, 6.07) is 8.97. The van der Waals surface area contributed by atoms with Gasteiger partial charge >= 0.3 is 0 Å². The van der Waals surface area contributed by atoms with Crippen LogP contribution in [0.25, 0.3) is 11.0 Å². The highest BCUT2D eigenvalue weighted by Crippen LogP contribution is 2.23. The molecule has 0 fully saturated rings. The summed E-state index contributed by atoms with van der Waals surface area (Å²) in [6.07, 6.45) is 1.04. The number of sulfone groups is 1. The van der Waals surface area contributed by atoms with E-state index in [9.17, 15) is 13.2 Å². The molecule has 1 aromatic carbocycles. The number of hydrogen-bond acceptors (Lipinski definition) is 4. The highest BCUT2D eigenvalue weighted by molar-refractivity contribution is 7.92. The molecular formula is C14H17NO4S. The van der Waals surface area contributed by atoms with Gasteiger partial charge in [0.05, 0.1) is 6.04 Å². The Kier molecular flexibility index (Phi) is 3.85. The largest absolute Gasteiger partial charge is 0.459 e. The van der Waals surface area contributed by atoms with Crippen LogP contribution in [0.2, 0.25) is 0 Å².